The minimum absolute atomic E-state index is 0.00678. The molecule has 3 atom stereocenters. The number of rotatable bonds is 4. The van der Waals surface area contributed by atoms with Gasteiger partial charge in [-0.25, -0.2) is 8.42 Å². The van der Waals surface area contributed by atoms with Crippen LogP contribution in [0.1, 0.15) is 49.4 Å². The van der Waals surface area contributed by atoms with Crippen LogP contribution in [0.25, 0.3) is 0 Å². The first-order valence-corrected chi connectivity index (χ1v) is 9.63. The lowest BCUT2D eigenvalue weighted by Gasteiger charge is -2.32. The van der Waals surface area contributed by atoms with Crippen molar-refractivity contribution in [2.45, 2.75) is 56.0 Å². The minimum Gasteiger partial charge on any atom is -0.480 e. The fourth-order valence-electron chi connectivity index (χ4n) is 3.97. The molecule has 24 heavy (non-hydrogen) atoms. The number of hydrogen-bond donors (Lipinski definition) is 1. The zero-order valence-electron chi connectivity index (χ0n) is 13.5. The molecule has 1 aliphatic carbocycles. The Kier molecular flexibility index (Phi) is 4.48. The molecule has 1 saturated carbocycles. The van der Waals surface area contributed by atoms with Crippen molar-refractivity contribution in [2.75, 3.05) is 0 Å². The van der Waals surface area contributed by atoms with Gasteiger partial charge in [-0.1, -0.05) is 25.0 Å². The first kappa shape index (κ1) is 17.1. The number of ketones is 1. The third-order valence-corrected chi connectivity index (χ3v) is 7.06. The standard InChI is InChI=1S/C17H21NO5S/c1-11(19)12-6-4-7-14(9-12)24(22,23)18-15-8-3-2-5-13(15)10-16(18)17(20)21/h4,6-7,9,13,15-16H,2-3,5,8,10H2,1H3,(H,20,21)/t13-,15-,16-/m0/s1. The molecule has 1 heterocycles. The van der Waals surface area contributed by atoms with Crippen LogP contribution in [0.3, 0.4) is 0 Å². The van der Waals surface area contributed by atoms with Crippen LogP contribution >= 0.6 is 0 Å². The molecule has 1 aromatic rings. The normalized spacial score (nSPS) is 27.6. The molecule has 1 aliphatic heterocycles. The lowest BCUT2D eigenvalue weighted by Crippen LogP contribution is -2.46. The van der Waals surface area contributed by atoms with Crippen molar-refractivity contribution in [3.05, 3.63) is 29.8 Å². The maximum atomic E-state index is 13.1. The molecule has 0 spiro atoms. The number of carbonyl (C=O) groups is 2. The van der Waals surface area contributed by atoms with Gasteiger partial charge in [-0.2, -0.15) is 4.31 Å². The highest BCUT2D eigenvalue weighted by molar-refractivity contribution is 7.89. The van der Waals surface area contributed by atoms with Gasteiger partial charge < -0.3 is 5.11 Å². The van der Waals surface area contributed by atoms with E-state index in [9.17, 15) is 23.1 Å². The van der Waals surface area contributed by atoms with E-state index in [0.717, 1.165) is 19.3 Å². The van der Waals surface area contributed by atoms with Gasteiger partial charge in [0.25, 0.3) is 0 Å². The highest BCUT2D eigenvalue weighted by Gasteiger charge is 2.51. The third kappa shape index (κ3) is 2.86. The van der Waals surface area contributed by atoms with Gasteiger partial charge in [0.05, 0.1) is 4.90 Å². The molecule has 1 aromatic carbocycles. The Labute approximate surface area is 141 Å². The van der Waals surface area contributed by atoms with E-state index in [1.807, 2.05) is 0 Å². The average molecular weight is 351 g/mol. The van der Waals surface area contributed by atoms with Gasteiger partial charge >= 0.3 is 5.97 Å². The highest BCUT2D eigenvalue weighted by atomic mass is 32.2. The molecule has 3 rings (SSSR count). The summed E-state index contributed by atoms with van der Waals surface area (Å²) < 4.78 is 27.5. The Morgan fingerprint density at radius 1 is 1.21 bits per heavy atom. The summed E-state index contributed by atoms with van der Waals surface area (Å²) in [5, 5.41) is 9.52. The molecule has 1 saturated heterocycles. The van der Waals surface area contributed by atoms with Crippen molar-refractivity contribution >= 4 is 21.8 Å². The Morgan fingerprint density at radius 3 is 2.58 bits per heavy atom. The summed E-state index contributed by atoms with van der Waals surface area (Å²) in [5.74, 6) is -1.22. The second-order valence-electron chi connectivity index (χ2n) is 6.62. The van der Waals surface area contributed by atoms with Crippen molar-refractivity contribution in [2.24, 2.45) is 5.92 Å². The van der Waals surface area contributed by atoms with Crippen LogP contribution in [0.15, 0.2) is 29.2 Å². The Morgan fingerprint density at radius 2 is 1.92 bits per heavy atom. The Bertz CT molecular complexity index is 773. The van der Waals surface area contributed by atoms with Gasteiger partial charge in [-0.15, -0.1) is 0 Å². The summed E-state index contributed by atoms with van der Waals surface area (Å²) in [4.78, 5) is 23.2. The molecular weight excluding hydrogens is 330 g/mol. The van der Waals surface area contributed by atoms with Crippen LogP contribution in [-0.2, 0) is 14.8 Å². The number of carboxylic acid groups (broad SMARTS) is 1. The van der Waals surface area contributed by atoms with E-state index in [4.69, 9.17) is 0 Å². The smallest absolute Gasteiger partial charge is 0.322 e. The number of carboxylic acids is 1. The van der Waals surface area contributed by atoms with Gasteiger partial charge in [0.15, 0.2) is 5.78 Å². The fourth-order valence-corrected chi connectivity index (χ4v) is 5.89. The fraction of sp³-hybridized carbons (Fsp3) is 0.529. The van der Waals surface area contributed by atoms with Crippen LogP contribution < -0.4 is 0 Å². The van der Waals surface area contributed by atoms with Gasteiger partial charge in [0.2, 0.25) is 10.0 Å². The second-order valence-corrected chi connectivity index (χ2v) is 8.46. The molecule has 0 radical (unpaired) electrons. The molecule has 1 N–H and O–H groups in total. The van der Waals surface area contributed by atoms with Crippen molar-refractivity contribution in [1.82, 2.24) is 4.31 Å². The largest absolute Gasteiger partial charge is 0.480 e. The third-order valence-electron chi connectivity index (χ3n) is 5.13. The van der Waals surface area contributed by atoms with Gasteiger partial charge in [-0.05, 0) is 44.2 Å². The maximum absolute atomic E-state index is 13.1. The monoisotopic (exact) mass is 351 g/mol. The molecule has 0 amide bonds. The summed E-state index contributed by atoms with van der Waals surface area (Å²) in [6, 6.07) is 4.57. The molecule has 0 aromatic heterocycles. The predicted octanol–water partition coefficient (Wildman–Crippen LogP) is 2.30. The minimum atomic E-state index is -3.96. The number of hydrogen-bond acceptors (Lipinski definition) is 4. The van der Waals surface area contributed by atoms with Crippen LogP contribution in [-0.4, -0.2) is 41.7 Å². The summed E-state index contributed by atoms with van der Waals surface area (Å²) in [5.41, 5.74) is 0.308. The number of aliphatic carboxylic acids is 1. The number of Topliss-reactive ketones (excluding diaryl/α,β-unsaturated/α-hetero) is 1. The quantitative estimate of drug-likeness (QED) is 0.840. The Balaban J connectivity index is 2.04. The van der Waals surface area contributed by atoms with E-state index in [1.165, 1.54) is 29.4 Å². The van der Waals surface area contributed by atoms with Crippen LogP contribution in [0.2, 0.25) is 0 Å². The molecular formula is C17H21NO5S. The van der Waals surface area contributed by atoms with Crippen molar-refractivity contribution < 1.29 is 23.1 Å². The first-order valence-electron chi connectivity index (χ1n) is 8.19. The summed E-state index contributed by atoms with van der Waals surface area (Å²) in [6.45, 7) is 1.37. The zero-order valence-corrected chi connectivity index (χ0v) is 14.3. The lowest BCUT2D eigenvalue weighted by atomic mass is 9.85. The lowest BCUT2D eigenvalue weighted by molar-refractivity contribution is -0.141. The molecule has 0 unspecified atom stereocenters. The van der Waals surface area contributed by atoms with Gasteiger partial charge in [0, 0.05) is 11.6 Å². The molecule has 0 bridgehead atoms. The van der Waals surface area contributed by atoms with Crippen molar-refractivity contribution in [1.29, 1.82) is 0 Å². The summed E-state index contributed by atoms with van der Waals surface area (Å²) in [6.07, 6.45) is 3.86. The van der Waals surface area contributed by atoms with E-state index >= 15 is 0 Å². The molecule has 7 heteroatoms. The average Bonchev–Trinajstić information content (AvgIpc) is 2.95. The number of carbonyl (C=O) groups excluding carboxylic acids is 1. The van der Waals surface area contributed by atoms with Crippen molar-refractivity contribution in [3.8, 4) is 0 Å². The molecule has 2 fully saturated rings. The number of sulfonamides is 1. The summed E-state index contributed by atoms with van der Waals surface area (Å²) >= 11 is 0. The van der Waals surface area contributed by atoms with Crippen LogP contribution in [0.4, 0.5) is 0 Å². The van der Waals surface area contributed by atoms with Crippen LogP contribution in [0, 0.1) is 5.92 Å². The Hall–Kier alpha value is -1.73. The first-order chi connectivity index (χ1) is 11.3. The van der Waals surface area contributed by atoms with Gasteiger partial charge in [-0.3, -0.25) is 9.59 Å². The van der Waals surface area contributed by atoms with Gasteiger partial charge in [0.1, 0.15) is 6.04 Å². The van der Waals surface area contributed by atoms with Crippen molar-refractivity contribution in [3.63, 3.8) is 0 Å². The number of benzene rings is 1. The van der Waals surface area contributed by atoms with E-state index < -0.39 is 22.0 Å². The van der Waals surface area contributed by atoms with E-state index in [0.29, 0.717) is 18.4 Å². The zero-order chi connectivity index (χ0) is 17.5. The topological polar surface area (TPSA) is 91.8 Å². The number of nitrogens with zero attached hydrogens (tertiary/aromatic N) is 1. The second kappa shape index (κ2) is 6.29. The van der Waals surface area contributed by atoms with Crippen LogP contribution in [0.5, 0.6) is 0 Å². The van der Waals surface area contributed by atoms with E-state index in [-0.39, 0.29) is 22.6 Å². The predicted molar refractivity (Wildman–Crippen MR) is 87.3 cm³/mol. The van der Waals surface area contributed by atoms with E-state index in [1.54, 1.807) is 6.07 Å². The maximum Gasteiger partial charge on any atom is 0.322 e. The van der Waals surface area contributed by atoms with E-state index in [2.05, 4.69) is 0 Å². The molecule has 2 aliphatic rings. The molecule has 6 nitrogen and oxygen atoms in total. The highest BCUT2D eigenvalue weighted by Crippen LogP contribution is 2.42. The molecule has 130 valence electrons. The summed E-state index contributed by atoms with van der Waals surface area (Å²) in [7, 11) is -3.96. The number of fused-ring (bicyclic) bond motifs is 1. The SMILES string of the molecule is CC(=O)c1cccc(S(=O)(=O)N2[C@H](C(=O)O)C[C@@H]3CCCC[C@@H]32)c1.